The summed E-state index contributed by atoms with van der Waals surface area (Å²) in [7, 11) is 4.57. The number of nitrogens with two attached hydrogens (primary N) is 1. The number of hydrogen-bond donors (Lipinski definition) is 4. The number of allylic oxidation sites excluding steroid dienone is 1. The number of benzene rings is 1. The van der Waals surface area contributed by atoms with Gasteiger partial charge in [0.1, 0.15) is 25.4 Å². The molecule has 1 heterocycles. The molecule has 0 aliphatic heterocycles. The predicted molar refractivity (Wildman–Crippen MR) is 154 cm³/mol. The molecule has 0 fully saturated rings. The summed E-state index contributed by atoms with van der Waals surface area (Å²) in [4.78, 5) is 16.0. The first kappa shape index (κ1) is 39.6. The summed E-state index contributed by atoms with van der Waals surface area (Å²) in [5.41, 5.74) is 6.78. The van der Waals surface area contributed by atoms with Gasteiger partial charge in [-0.15, -0.1) is 13.2 Å². The third-order valence-corrected chi connectivity index (χ3v) is 6.65. The Labute approximate surface area is 243 Å². The fraction of sp³-hybridized carbons (Fsp3) is 0.481. The van der Waals surface area contributed by atoms with Gasteiger partial charge in [0.25, 0.3) is 0 Å². The maximum atomic E-state index is 12.6. The van der Waals surface area contributed by atoms with E-state index >= 15 is 0 Å². The number of aliphatic hydroxyl groups is 2. The molecule has 2 aromatic rings. The molecule has 228 valence electrons. The summed E-state index contributed by atoms with van der Waals surface area (Å²) in [6.07, 6.45) is -0.397. The molecule has 8 nitrogen and oxygen atoms in total. The van der Waals surface area contributed by atoms with Crippen LogP contribution in [0.2, 0.25) is 0 Å². The molecule has 0 amide bonds. The van der Waals surface area contributed by atoms with Crippen molar-refractivity contribution >= 4 is 47.7 Å². The normalized spacial score (nSPS) is 13.4. The second kappa shape index (κ2) is 21.2. The number of alkyl halides is 3. The number of halogens is 5. The largest absolute Gasteiger partial charge is 0.573 e. The molecular formula is C27H40Cl2F3N3O5. The van der Waals surface area contributed by atoms with Gasteiger partial charge in [-0.25, -0.2) is 0 Å². The highest BCUT2D eigenvalue weighted by atomic mass is 35.5. The first-order valence-electron chi connectivity index (χ1n) is 12.2. The molecule has 1 aromatic heterocycles. The molecule has 0 aliphatic rings. The molecule has 0 bridgehead atoms. The SMILES string of the molecule is C=O.C=O.CCC(CCC/C(Cl)=C(\C(Cl)=C/N)C(O)c1cc2ccc(OC(F)(F)F)cc2n1C)CCNC.CO. The minimum Gasteiger partial charge on any atom is -0.406 e. The summed E-state index contributed by atoms with van der Waals surface area (Å²) in [6, 6.07) is 5.66. The molecule has 0 radical (unpaired) electrons. The number of carbonyl (C=O) groups excluding carboxylic acids is 2. The van der Waals surface area contributed by atoms with Gasteiger partial charge >= 0.3 is 6.36 Å². The van der Waals surface area contributed by atoms with Crippen molar-refractivity contribution < 1.29 is 37.7 Å². The highest BCUT2D eigenvalue weighted by Gasteiger charge is 2.31. The predicted octanol–water partition coefficient (Wildman–Crippen LogP) is 5.69. The lowest BCUT2D eigenvalue weighted by Gasteiger charge is -2.19. The molecule has 13 heteroatoms. The quantitative estimate of drug-likeness (QED) is 0.227. The van der Waals surface area contributed by atoms with Crippen LogP contribution < -0.4 is 15.8 Å². The van der Waals surface area contributed by atoms with Crippen LogP contribution in [0.25, 0.3) is 10.9 Å². The second-order valence-corrected chi connectivity index (χ2v) is 9.05. The van der Waals surface area contributed by atoms with Crippen molar-refractivity contribution in [3.05, 3.63) is 51.8 Å². The molecular weight excluding hydrogens is 574 g/mol. The van der Waals surface area contributed by atoms with Gasteiger partial charge < -0.3 is 40.2 Å². The molecule has 0 aliphatic carbocycles. The number of nitrogens with zero attached hydrogens (tertiary/aromatic N) is 1. The Balaban J connectivity index is 0. The number of rotatable bonds is 12. The van der Waals surface area contributed by atoms with E-state index in [-0.39, 0.29) is 16.4 Å². The monoisotopic (exact) mass is 613 g/mol. The molecule has 2 atom stereocenters. The molecule has 5 N–H and O–H groups in total. The zero-order valence-corrected chi connectivity index (χ0v) is 24.7. The first-order valence-corrected chi connectivity index (χ1v) is 12.9. The number of fused-ring (bicyclic) bond motifs is 1. The van der Waals surface area contributed by atoms with Crippen LogP contribution in [-0.2, 0) is 16.6 Å². The fourth-order valence-corrected chi connectivity index (χ4v) is 4.62. The number of aliphatic hydroxyl groups excluding tert-OH is 2. The fourth-order valence-electron chi connectivity index (χ4n) is 4.02. The summed E-state index contributed by atoms with van der Waals surface area (Å²) in [5, 5.41) is 22.5. The van der Waals surface area contributed by atoms with Gasteiger partial charge in [0.2, 0.25) is 0 Å². The van der Waals surface area contributed by atoms with Crippen LogP contribution in [-0.4, -0.2) is 55.4 Å². The maximum absolute atomic E-state index is 12.6. The molecule has 1 aromatic carbocycles. The molecule has 0 saturated heterocycles. The molecule has 0 spiro atoms. The Morgan fingerprint density at radius 2 is 1.77 bits per heavy atom. The van der Waals surface area contributed by atoms with Crippen LogP contribution in [0.1, 0.15) is 50.8 Å². The first-order chi connectivity index (χ1) is 19.0. The van der Waals surface area contributed by atoms with E-state index in [2.05, 4.69) is 17.0 Å². The lowest BCUT2D eigenvalue weighted by Crippen LogP contribution is -2.17. The average Bonchev–Trinajstić information content (AvgIpc) is 3.28. The van der Waals surface area contributed by atoms with E-state index < -0.39 is 12.5 Å². The molecule has 2 rings (SSSR count). The third-order valence-electron chi connectivity index (χ3n) is 5.93. The van der Waals surface area contributed by atoms with Crippen molar-refractivity contribution in [1.82, 2.24) is 9.88 Å². The van der Waals surface area contributed by atoms with E-state index in [1.54, 1.807) is 17.7 Å². The lowest BCUT2D eigenvalue weighted by atomic mass is 9.94. The van der Waals surface area contributed by atoms with Crippen LogP contribution in [0.5, 0.6) is 5.75 Å². The van der Waals surface area contributed by atoms with Crippen LogP contribution in [0.3, 0.4) is 0 Å². The highest BCUT2D eigenvalue weighted by Crippen LogP contribution is 2.38. The van der Waals surface area contributed by atoms with Gasteiger partial charge in [-0.05, 0) is 57.0 Å². The van der Waals surface area contributed by atoms with Crippen LogP contribution >= 0.6 is 23.2 Å². The van der Waals surface area contributed by atoms with Gasteiger partial charge in [0.15, 0.2) is 0 Å². The number of hydrogen-bond acceptors (Lipinski definition) is 7. The maximum Gasteiger partial charge on any atom is 0.573 e. The van der Waals surface area contributed by atoms with Gasteiger partial charge in [-0.1, -0.05) is 43.0 Å². The van der Waals surface area contributed by atoms with E-state index in [0.717, 1.165) is 39.3 Å². The molecule has 2 unspecified atom stereocenters. The number of carbonyl (C=O) groups is 2. The minimum absolute atomic E-state index is 0.117. The van der Waals surface area contributed by atoms with E-state index in [1.165, 1.54) is 24.4 Å². The lowest BCUT2D eigenvalue weighted by molar-refractivity contribution is -0.274. The average molecular weight is 615 g/mol. The number of nitrogens with one attached hydrogen (secondary N) is 1. The van der Waals surface area contributed by atoms with E-state index in [0.29, 0.717) is 34.0 Å². The van der Waals surface area contributed by atoms with Crippen LogP contribution in [0.4, 0.5) is 13.2 Å². The standard InChI is InChI=1S/C24H32Cl2F3N3O2.CH4O.2CH2O/c1-4-15(10-11-31-2)6-5-7-18(25)22(19(26)14-30)23(33)21-12-16-8-9-17(34-24(27,28)29)13-20(16)32(21)3;3*1-2/h8-9,12-15,23,31,33H,4-7,10-11,30H2,1-3H3;2H,1H3;2*1H2/b19-14+,22-18-;;;. The minimum atomic E-state index is -4.80. The smallest absolute Gasteiger partial charge is 0.406 e. The van der Waals surface area contributed by atoms with Crippen molar-refractivity contribution in [3.63, 3.8) is 0 Å². The Kier molecular flexibility index (Phi) is 21.0. The van der Waals surface area contributed by atoms with Crippen LogP contribution in [0.15, 0.2) is 46.1 Å². The Bertz CT molecular complexity index is 1060. The van der Waals surface area contributed by atoms with E-state index in [4.69, 9.17) is 43.6 Å². The van der Waals surface area contributed by atoms with Gasteiger partial charge in [-0.2, -0.15) is 0 Å². The zero-order chi connectivity index (χ0) is 31.5. The Morgan fingerprint density at radius 3 is 2.27 bits per heavy atom. The highest BCUT2D eigenvalue weighted by molar-refractivity contribution is 6.35. The topological polar surface area (TPSA) is 127 Å². The number of aryl methyl sites for hydroxylation is 1. The Hall–Kier alpha value is -2.57. The summed E-state index contributed by atoms with van der Waals surface area (Å²) in [5.74, 6) is 0.219. The Morgan fingerprint density at radius 1 is 1.18 bits per heavy atom. The second-order valence-electron chi connectivity index (χ2n) is 8.19. The van der Waals surface area contributed by atoms with Crippen molar-refractivity contribution in [1.29, 1.82) is 0 Å². The van der Waals surface area contributed by atoms with Crippen molar-refractivity contribution in [2.75, 3.05) is 20.7 Å². The summed E-state index contributed by atoms with van der Waals surface area (Å²) >= 11 is 12.9. The third kappa shape index (κ3) is 12.7. The summed E-state index contributed by atoms with van der Waals surface area (Å²) in [6.45, 7) is 7.11. The number of ether oxygens (including phenoxy) is 1. The van der Waals surface area contributed by atoms with Gasteiger partial charge in [0, 0.05) is 42.4 Å². The van der Waals surface area contributed by atoms with E-state index in [9.17, 15) is 18.3 Å². The van der Waals surface area contributed by atoms with Gasteiger partial charge in [-0.3, -0.25) is 0 Å². The van der Waals surface area contributed by atoms with Gasteiger partial charge in [0.05, 0.1) is 16.2 Å². The van der Waals surface area contributed by atoms with Crippen molar-refractivity contribution in [2.24, 2.45) is 18.7 Å². The molecule has 40 heavy (non-hydrogen) atoms. The summed E-state index contributed by atoms with van der Waals surface area (Å²) < 4.78 is 43.4. The van der Waals surface area contributed by atoms with E-state index in [1.807, 2.05) is 20.6 Å². The number of aromatic nitrogens is 1. The zero-order valence-electron chi connectivity index (χ0n) is 23.2. The van der Waals surface area contributed by atoms with Crippen molar-refractivity contribution in [2.45, 2.75) is 51.5 Å². The molecule has 0 saturated carbocycles. The van der Waals surface area contributed by atoms with Crippen molar-refractivity contribution in [3.8, 4) is 5.75 Å². The van der Waals surface area contributed by atoms with Crippen LogP contribution in [0, 0.1) is 5.92 Å².